The van der Waals surface area contributed by atoms with Crippen molar-refractivity contribution in [2.24, 2.45) is 0 Å². The Labute approximate surface area is 146 Å². The standard InChI is InChI=1S/C17H12ClF2N3O2/c18-12-9-10(5-6-14(12)20)21-15(24)7-8-16-22-17(23-25-16)11-3-1-2-4-13(11)19/h1-6,9H,7-8H2,(H,21,24). The number of benzene rings is 2. The summed E-state index contributed by atoms with van der Waals surface area (Å²) < 4.78 is 31.8. The van der Waals surface area contributed by atoms with E-state index in [0.29, 0.717) is 5.69 Å². The molecular weight excluding hydrogens is 352 g/mol. The van der Waals surface area contributed by atoms with Crippen LogP contribution in [-0.4, -0.2) is 16.0 Å². The van der Waals surface area contributed by atoms with Gasteiger partial charge in [0.2, 0.25) is 17.6 Å². The Bertz CT molecular complexity index is 914. The van der Waals surface area contributed by atoms with Crippen molar-refractivity contribution in [1.82, 2.24) is 10.1 Å². The average molecular weight is 364 g/mol. The molecular formula is C17H12ClF2N3O2. The summed E-state index contributed by atoms with van der Waals surface area (Å²) >= 11 is 5.65. The van der Waals surface area contributed by atoms with Crippen LogP contribution in [0.1, 0.15) is 12.3 Å². The first-order valence-electron chi connectivity index (χ1n) is 7.35. The van der Waals surface area contributed by atoms with Crippen molar-refractivity contribution < 1.29 is 18.1 Å². The number of hydrogen-bond donors (Lipinski definition) is 1. The molecule has 0 atom stereocenters. The van der Waals surface area contributed by atoms with Crippen molar-refractivity contribution in [3.05, 3.63) is 65.0 Å². The van der Waals surface area contributed by atoms with Gasteiger partial charge in [0, 0.05) is 18.5 Å². The lowest BCUT2D eigenvalue weighted by molar-refractivity contribution is -0.116. The lowest BCUT2D eigenvalue weighted by Crippen LogP contribution is -2.12. The maximum Gasteiger partial charge on any atom is 0.227 e. The fraction of sp³-hybridized carbons (Fsp3) is 0.118. The molecule has 0 aliphatic rings. The molecule has 0 spiro atoms. The van der Waals surface area contributed by atoms with Gasteiger partial charge in [0.15, 0.2) is 0 Å². The third-order valence-corrected chi connectivity index (χ3v) is 3.64. The normalized spacial score (nSPS) is 10.7. The van der Waals surface area contributed by atoms with Gasteiger partial charge in [0.1, 0.15) is 11.6 Å². The zero-order chi connectivity index (χ0) is 17.8. The molecule has 128 valence electrons. The van der Waals surface area contributed by atoms with E-state index in [1.807, 2.05) is 0 Å². The monoisotopic (exact) mass is 363 g/mol. The van der Waals surface area contributed by atoms with Crippen LogP contribution in [0.25, 0.3) is 11.4 Å². The predicted molar refractivity (Wildman–Crippen MR) is 88.1 cm³/mol. The maximum atomic E-state index is 13.7. The number of carbonyl (C=O) groups excluding carboxylic acids is 1. The van der Waals surface area contributed by atoms with Gasteiger partial charge in [0.25, 0.3) is 0 Å². The Morgan fingerprint density at radius 2 is 1.96 bits per heavy atom. The van der Waals surface area contributed by atoms with E-state index in [4.69, 9.17) is 16.1 Å². The molecule has 1 aromatic heterocycles. The van der Waals surface area contributed by atoms with Crippen LogP contribution in [0, 0.1) is 11.6 Å². The number of nitrogens with one attached hydrogen (secondary N) is 1. The molecule has 5 nitrogen and oxygen atoms in total. The Balaban J connectivity index is 1.59. The molecule has 0 unspecified atom stereocenters. The number of anilines is 1. The van der Waals surface area contributed by atoms with Gasteiger partial charge < -0.3 is 9.84 Å². The number of rotatable bonds is 5. The second-order valence-corrected chi connectivity index (χ2v) is 5.58. The topological polar surface area (TPSA) is 68.0 Å². The van der Waals surface area contributed by atoms with Gasteiger partial charge in [-0.25, -0.2) is 8.78 Å². The third-order valence-electron chi connectivity index (χ3n) is 3.35. The van der Waals surface area contributed by atoms with Crippen molar-refractivity contribution in [2.75, 3.05) is 5.32 Å². The molecule has 1 N–H and O–H groups in total. The molecule has 0 bridgehead atoms. The van der Waals surface area contributed by atoms with Gasteiger partial charge >= 0.3 is 0 Å². The van der Waals surface area contributed by atoms with Crippen molar-refractivity contribution >= 4 is 23.2 Å². The summed E-state index contributed by atoms with van der Waals surface area (Å²) in [5.41, 5.74) is 0.608. The van der Waals surface area contributed by atoms with E-state index in [-0.39, 0.29) is 41.1 Å². The van der Waals surface area contributed by atoms with E-state index in [1.165, 1.54) is 24.3 Å². The van der Waals surface area contributed by atoms with Crippen molar-refractivity contribution in [2.45, 2.75) is 12.8 Å². The van der Waals surface area contributed by atoms with Crippen molar-refractivity contribution in [1.29, 1.82) is 0 Å². The highest BCUT2D eigenvalue weighted by atomic mass is 35.5. The predicted octanol–water partition coefficient (Wildman–Crippen LogP) is 4.24. The summed E-state index contributed by atoms with van der Waals surface area (Å²) in [7, 11) is 0. The summed E-state index contributed by atoms with van der Waals surface area (Å²) in [5.74, 6) is -1.01. The molecule has 0 saturated carbocycles. The quantitative estimate of drug-likeness (QED) is 0.736. The van der Waals surface area contributed by atoms with Crippen LogP contribution in [0.3, 0.4) is 0 Å². The molecule has 3 aromatic rings. The first-order valence-corrected chi connectivity index (χ1v) is 7.73. The highest BCUT2D eigenvalue weighted by molar-refractivity contribution is 6.31. The third kappa shape index (κ3) is 4.19. The Morgan fingerprint density at radius 3 is 2.72 bits per heavy atom. The Morgan fingerprint density at radius 1 is 1.16 bits per heavy atom. The number of hydrogen-bond acceptors (Lipinski definition) is 4. The largest absolute Gasteiger partial charge is 0.339 e. The summed E-state index contributed by atoms with van der Waals surface area (Å²) in [5, 5.41) is 6.22. The molecule has 3 rings (SSSR count). The van der Waals surface area contributed by atoms with Gasteiger partial charge in [-0.15, -0.1) is 0 Å². The molecule has 1 heterocycles. The minimum Gasteiger partial charge on any atom is -0.339 e. The summed E-state index contributed by atoms with van der Waals surface area (Å²) in [6.07, 6.45) is 0.246. The van der Waals surface area contributed by atoms with Crippen LogP contribution in [0.15, 0.2) is 47.0 Å². The highest BCUT2D eigenvalue weighted by Gasteiger charge is 2.13. The minimum atomic E-state index is -0.564. The average Bonchev–Trinajstić information content (AvgIpc) is 3.05. The van der Waals surface area contributed by atoms with Crippen LogP contribution < -0.4 is 5.32 Å². The van der Waals surface area contributed by atoms with Gasteiger partial charge in [-0.2, -0.15) is 4.98 Å². The fourth-order valence-electron chi connectivity index (χ4n) is 2.13. The van der Waals surface area contributed by atoms with Gasteiger partial charge in [0.05, 0.1) is 10.6 Å². The second kappa shape index (κ2) is 7.40. The SMILES string of the molecule is O=C(CCc1nc(-c2ccccc2F)no1)Nc1ccc(F)c(Cl)c1. The molecule has 2 aromatic carbocycles. The Hall–Kier alpha value is -2.80. The highest BCUT2D eigenvalue weighted by Crippen LogP contribution is 2.21. The first kappa shape index (κ1) is 17.0. The minimum absolute atomic E-state index is 0.0634. The van der Waals surface area contributed by atoms with Crippen molar-refractivity contribution in [3.8, 4) is 11.4 Å². The van der Waals surface area contributed by atoms with Crippen LogP contribution in [-0.2, 0) is 11.2 Å². The van der Waals surface area contributed by atoms with Crippen LogP contribution in [0.4, 0.5) is 14.5 Å². The lowest BCUT2D eigenvalue weighted by atomic mass is 10.2. The van der Waals surface area contributed by atoms with E-state index in [2.05, 4.69) is 15.5 Å². The lowest BCUT2D eigenvalue weighted by Gasteiger charge is -2.04. The Kier molecular flexibility index (Phi) is 5.04. The molecule has 25 heavy (non-hydrogen) atoms. The van der Waals surface area contributed by atoms with E-state index in [0.717, 1.165) is 6.07 Å². The number of nitrogens with zero attached hydrogens (tertiary/aromatic N) is 2. The van der Waals surface area contributed by atoms with E-state index in [9.17, 15) is 13.6 Å². The zero-order valence-electron chi connectivity index (χ0n) is 12.8. The van der Waals surface area contributed by atoms with Crippen molar-refractivity contribution in [3.63, 3.8) is 0 Å². The van der Waals surface area contributed by atoms with E-state index in [1.54, 1.807) is 12.1 Å². The van der Waals surface area contributed by atoms with Gasteiger partial charge in [-0.3, -0.25) is 4.79 Å². The van der Waals surface area contributed by atoms with Crippen LogP contribution in [0.5, 0.6) is 0 Å². The van der Waals surface area contributed by atoms with E-state index >= 15 is 0 Å². The second-order valence-electron chi connectivity index (χ2n) is 5.17. The van der Waals surface area contributed by atoms with Gasteiger partial charge in [-0.1, -0.05) is 28.9 Å². The summed E-state index contributed by atoms with van der Waals surface area (Å²) in [6, 6.07) is 9.94. The number of carbonyl (C=O) groups is 1. The molecule has 0 aliphatic heterocycles. The van der Waals surface area contributed by atoms with E-state index < -0.39 is 11.6 Å². The number of aryl methyl sites for hydroxylation is 1. The van der Waals surface area contributed by atoms with Crippen LogP contribution >= 0.6 is 11.6 Å². The molecule has 1 amide bonds. The maximum absolute atomic E-state index is 13.7. The molecule has 0 radical (unpaired) electrons. The molecule has 0 aliphatic carbocycles. The number of aromatic nitrogens is 2. The smallest absolute Gasteiger partial charge is 0.227 e. The number of halogens is 3. The summed E-state index contributed by atoms with van der Waals surface area (Å²) in [6.45, 7) is 0. The zero-order valence-corrected chi connectivity index (χ0v) is 13.6. The molecule has 0 saturated heterocycles. The first-order chi connectivity index (χ1) is 12.0. The van der Waals surface area contributed by atoms with Gasteiger partial charge in [-0.05, 0) is 30.3 Å². The number of amides is 1. The summed E-state index contributed by atoms with van der Waals surface area (Å²) in [4.78, 5) is 16.0. The molecule has 8 heteroatoms. The van der Waals surface area contributed by atoms with Crippen LogP contribution in [0.2, 0.25) is 5.02 Å². The molecule has 0 fully saturated rings. The fourth-order valence-corrected chi connectivity index (χ4v) is 2.31.